The Bertz CT molecular complexity index is 347. The molecule has 1 aliphatic heterocycles. The SMILES string of the molecule is CC(C)(C)B1O[C@@H]2C[C@@H]3C[C@@H](C3(C)C)[C@]2(C)O1. The summed E-state index contributed by atoms with van der Waals surface area (Å²) in [5.74, 6) is 1.51. The zero-order chi connectivity index (χ0) is 12.6. The molecule has 0 spiro atoms. The van der Waals surface area contributed by atoms with Gasteiger partial charge in [-0.15, -0.1) is 0 Å². The molecule has 3 heteroatoms. The molecular formula is C14H25BO2. The molecule has 4 rings (SSSR count). The first kappa shape index (κ1) is 12.0. The summed E-state index contributed by atoms with van der Waals surface area (Å²) in [6, 6.07) is 0. The Hall–Kier alpha value is -0.0151. The Labute approximate surface area is 106 Å². The van der Waals surface area contributed by atoms with Crippen LogP contribution in [0.15, 0.2) is 0 Å². The van der Waals surface area contributed by atoms with Crippen LogP contribution < -0.4 is 0 Å². The average Bonchev–Trinajstić information content (AvgIpc) is 2.53. The van der Waals surface area contributed by atoms with Crippen molar-refractivity contribution in [2.45, 2.75) is 71.4 Å². The van der Waals surface area contributed by atoms with Crippen LogP contribution in [0.1, 0.15) is 54.4 Å². The smallest absolute Gasteiger partial charge is 0.405 e. The first-order valence-corrected chi connectivity index (χ1v) is 6.99. The summed E-state index contributed by atoms with van der Waals surface area (Å²) in [4.78, 5) is 0. The van der Waals surface area contributed by atoms with E-state index in [2.05, 4.69) is 41.5 Å². The number of rotatable bonds is 0. The monoisotopic (exact) mass is 236 g/mol. The highest BCUT2D eigenvalue weighted by molar-refractivity contribution is 6.49. The fraction of sp³-hybridized carbons (Fsp3) is 1.00. The van der Waals surface area contributed by atoms with Gasteiger partial charge in [-0.1, -0.05) is 34.6 Å². The third-order valence-electron chi connectivity index (χ3n) is 5.66. The normalized spacial score (nSPS) is 47.6. The fourth-order valence-corrected chi connectivity index (χ4v) is 4.24. The third kappa shape index (κ3) is 1.42. The Kier molecular flexibility index (Phi) is 2.20. The molecule has 3 saturated carbocycles. The molecule has 2 nitrogen and oxygen atoms in total. The minimum atomic E-state index is -0.0454. The molecule has 0 radical (unpaired) electrons. The summed E-state index contributed by atoms with van der Waals surface area (Å²) >= 11 is 0. The van der Waals surface area contributed by atoms with Crippen LogP contribution in [0.4, 0.5) is 0 Å². The van der Waals surface area contributed by atoms with Gasteiger partial charge in [-0.05, 0) is 42.3 Å². The Morgan fingerprint density at radius 3 is 2.29 bits per heavy atom. The van der Waals surface area contributed by atoms with Crippen LogP contribution in [0.5, 0.6) is 0 Å². The van der Waals surface area contributed by atoms with E-state index in [1.54, 1.807) is 0 Å². The molecule has 0 N–H and O–H groups in total. The molecule has 0 unspecified atom stereocenters. The third-order valence-corrected chi connectivity index (χ3v) is 5.66. The Balaban J connectivity index is 1.87. The van der Waals surface area contributed by atoms with Gasteiger partial charge in [0.1, 0.15) is 0 Å². The quantitative estimate of drug-likeness (QED) is 0.599. The van der Waals surface area contributed by atoms with Crippen LogP contribution >= 0.6 is 0 Å². The second kappa shape index (κ2) is 3.11. The minimum absolute atomic E-state index is 0.0346. The van der Waals surface area contributed by atoms with Crippen molar-refractivity contribution < 1.29 is 9.31 Å². The zero-order valence-corrected chi connectivity index (χ0v) is 12.0. The lowest BCUT2D eigenvalue weighted by Crippen LogP contribution is -2.65. The molecule has 0 aromatic carbocycles. The van der Waals surface area contributed by atoms with Crippen LogP contribution in [0.2, 0.25) is 5.31 Å². The molecule has 17 heavy (non-hydrogen) atoms. The van der Waals surface area contributed by atoms with E-state index in [-0.39, 0.29) is 18.0 Å². The van der Waals surface area contributed by atoms with Crippen molar-refractivity contribution in [3.63, 3.8) is 0 Å². The van der Waals surface area contributed by atoms with Gasteiger partial charge in [0.25, 0.3) is 0 Å². The molecule has 0 aromatic heterocycles. The highest BCUT2D eigenvalue weighted by atomic mass is 16.7. The van der Waals surface area contributed by atoms with Crippen LogP contribution in [-0.2, 0) is 9.31 Å². The van der Waals surface area contributed by atoms with E-state index in [1.165, 1.54) is 12.8 Å². The van der Waals surface area contributed by atoms with E-state index in [0.29, 0.717) is 17.4 Å². The minimum Gasteiger partial charge on any atom is -0.405 e. The maximum atomic E-state index is 6.38. The van der Waals surface area contributed by atoms with Crippen LogP contribution in [0.3, 0.4) is 0 Å². The highest BCUT2D eigenvalue weighted by Crippen LogP contribution is 2.66. The van der Waals surface area contributed by atoms with E-state index in [1.807, 2.05) is 0 Å². The van der Waals surface area contributed by atoms with Crippen molar-refractivity contribution in [3.05, 3.63) is 0 Å². The molecule has 4 atom stereocenters. The summed E-state index contributed by atoms with van der Waals surface area (Å²) in [5, 5.41) is 0.0783. The molecule has 1 saturated heterocycles. The second-order valence-corrected chi connectivity index (χ2v) is 8.17. The van der Waals surface area contributed by atoms with Gasteiger partial charge in [-0.3, -0.25) is 0 Å². The first-order chi connectivity index (χ1) is 7.65. The van der Waals surface area contributed by atoms with E-state index < -0.39 is 0 Å². The summed E-state index contributed by atoms with van der Waals surface area (Å²) in [6.07, 6.45) is 2.84. The largest absolute Gasteiger partial charge is 0.463 e. The van der Waals surface area contributed by atoms with Crippen molar-refractivity contribution in [1.82, 2.24) is 0 Å². The van der Waals surface area contributed by atoms with Crippen LogP contribution in [-0.4, -0.2) is 18.8 Å². The lowest BCUT2D eigenvalue weighted by atomic mass is 9.43. The Morgan fingerprint density at radius 2 is 1.76 bits per heavy atom. The molecule has 96 valence electrons. The maximum absolute atomic E-state index is 6.38. The standard InChI is InChI=1S/C14H25BO2/c1-12(2,3)15-16-11-8-9-7-10(13(9,4)5)14(11,6)17-15/h9-11H,7-8H2,1-6H3/t9-,10-,11+,14-/m0/s1. The molecule has 4 aliphatic rings. The molecule has 0 amide bonds. The van der Waals surface area contributed by atoms with Gasteiger partial charge in [0, 0.05) is 0 Å². The second-order valence-electron chi connectivity index (χ2n) is 8.17. The number of hydrogen-bond acceptors (Lipinski definition) is 2. The van der Waals surface area contributed by atoms with Gasteiger partial charge in [0.15, 0.2) is 0 Å². The van der Waals surface area contributed by atoms with Gasteiger partial charge in [-0.25, -0.2) is 0 Å². The van der Waals surface area contributed by atoms with E-state index in [9.17, 15) is 0 Å². The predicted molar refractivity (Wildman–Crippen MR) is 69.8 cm³/mol. The van der Waals surface area contributed by atoms with E-state index >= 15 is 0 Å². The summed E-state index contributed by atoms with van der Waals surface area (Å²) in [5.41, 5.74) is 0.400. The summed E-state index contributed by atoms with van der Waals surface area (Å²) < 4.78 is 12.6. The van der Waals surface area contributed by atoms with Gasteiger partial charge in [0.2, 0.25) is 0 Å². The van der Waals surface area contributed by atoms with Crippen molar-refractivity contribution in [3.8, 4) is 0 Å². The topological polar surface area (TPSA) is 18.5 Å². The highest BCUT2D eigenvalue weighted by Gasteiger charge is 2.68. The van der Waals surface area contributed by atoms with E-state index in [4.69, 9.17) is 9.31 Å². The molecule has 3 aliphatic carbocycles. The molecule has 2 bridgehead atoms. The molecular weight excluding hydrogens is 211 g/mol. The van der Waals surface area contributed by atoms with Crippen molar-refractivity contribution in [2.24, 2.45) is 17.3 Å². The van der Waals surface area contributed by atoms with Crippen molar-refractivity contribution >= 4 is 7.12 Å². The lowest BCUT2D eigenvalue weighted by molar-refractivity contribution is -0.199. The Morgan fingerprint density at radius 1 is 1.12 bits per heavy atom. The van der Waals surface area contributed by atoms with Crippen molar-refractivity contribution in [1.29, 1.82) is 0 Å². The molecule has 4 fully saturated rings. The van der Waals surface area contributed by atoms with Gasteiger partial charge in [0.05, 0.1) is 11.7 Å². The van der Waals surface area contributed by atoms with E-state index in [0.717, 1.165) is 5.92 Å². The number of hydrogen-bond donors (Lipinski definition) is 0. The van der Waals surface area contributed by atoms with Gasteiger partial charge >= 0.3 is 7.12 Å². The summed E-state index contributed by atoms with van der Waals surface area (Å²) in [7, 11) is -0.0346. The summed E-state index contributed by atoms with van der Waals surface area (Å²) in [6.45, 7) is 13.7. The lowest BCUT2D eigenvalue weighted by Gasteiger charge is -2.64. The average molecular weight is 236 g/mol. The van der Waals surface area contributed by atoms with Crippen molar-refractivity contribution in [2.75, 3.05) is 0 Å². The van der Waals surface area contributed by atoms with Crippen LogP contribution in [0, 0.1) is 17.3 Å². The zero-order valence-electron chi connectivity index (χ0n) is 12.0. The first-order valence-electron chi connectivity index (χ1n) is 6.99. The van der Waals surface area contributed by atoms with Gasteiger partial charge < -0.3 is 9.31 Å². The molecule has 1 heterocycles. The molecule has 0 aromatic rings. The van der Waals surface area contributed by atoms with Crippen LogP contribution in [0.25, 0.3) is 0 Å². The fourth-order valence-electron chi connectivity index (χ4n) is 4.24. The maximum Gasteiger partial charge on any atom is 0.463 e. The van der Waals surface area contributed by atoms with Gasteiger partial charge in [-0.2, -0.15) is 0 Å². The predicted octanol–water partition coefficient (Wildman–Crippen LogP) is 3.51.